The largest absolute Gasteiger partial charge is 0.294 e. The molecule has 0 radical (unpaired) electrons. The molecule has 0 fully saturated rings. The van der Waals surface area contributed by atoms with E-state index in [0.29, 0.717) is 0 Å². The van der Waals surface area contributed by atoms with Crippen LogP contribution in [0.2, 0.25) is 0 Å². The molecule has 3 rings (SSSR count). The molecule has 3 aromatic rings. The number of benzene rings is 3. The summed E-state index contributed by atoms with van der Waals surface area (Å²) in [5.41, 5.74) is 7.73. The number of aryl methyl sites for hydroxylation is 2. The molecule has 0 heterocycles. The fourth-order valence-electron chi connectivity index (χ4n) is 3.30. The fourth-order valence-corrected chi connectivity index (χ4v) is 3.30. The van der Waals surface area contributed by atoms with E-state index in [-0.39, 0.29) is 11.7 Å². The normalized spacial score (nSPS) is 11.3. The zero-order chi connectivity index (χ0) is 19.4. The van der Waals surface area contributed by atoms with E-state index in [9.17, 15) is 4.79 Å². The van der Waals surface area contributed by atoms with Crippen molar-refractivity contribution in [3.05, 3.63) is 94.5 Å². The number of hydrogen-bond acceptors (Lipinski definition) is 1. The molecule has 0 atom stereocenters. The van der Waals surface area contributed by atoms with Crippen molar-refractivity contribution in [2.45, 2.75) is 27.7 Å². The Morgan fingerprint density at radius 2 is 1.48 bits per heavy atom. The lowest BCUT2D eigenvalue weighted by Gasteiger charge is -2.13. The Morgan fingerprint density at radius 1 is 0.778 bits per heavy atom. The van der Waals surface area contributed by atoms with Crippen LogP contribution in [0.4, 0.5) is 0 Å². The third-order valence-electron chi connectivity index (χ3n) is 4.77. The summed E-state index contributed by atoms with van der Waals surface area (Å²) in [6.07, 6.45) is 4.27. The summed E-state index contributed by atoms with van der Waals surface area (Å²) in [4.78, 5) is 12.6. The summed E-state index contributed by atoms with van der Waals surface area (Å²) in [7, 11) is 0. The van der Waals surface area contributed by atoms with Crippen LogP contribution in [-0.4, -0.2) is 5.78 Å². The SMILES string of the molecule is Cc1cccc(/C=C/c2ccc(-c3ccccc3C(=O)C(C)C)c(C)c2)c1. The first-order valence-electron chi connectivity index (χ1n) is 9.44. The zero-order valence-electron chi connectivity index (χ0n) is 16.5. The van der Waals surface area contributed by atoms with E-state index in [1.54, 1.807) is 0 Å². The standard InChI is InChI=1S/C26H26O/c1-18(2)26(27)25-11-6-5-10-24(25)23-15-14-22(17-20(23)4)13-12-21-9-7-8-19(3)16-21/h5-18H,1-4H3/b13-12+. The van der Waals surface area contributed by atoms with Crippen molar-refractivity contribution in [2.24, 2.45) is 5.92 Å². The van der Waals surface area contributed by atoms with Crippen molar-refractivity contribution in [1.82, 2.24) is 0 Å². The Balaban J connectivity index is 1.93. The second-order valence-electron chi connectivity index (χ2n) is 7.39. The molecule has 0 N–H and O–H groups in total. The first-order valence-corrected chi connectivity index (χ1v) is 9.44. The second-order valence-corrected chi connectivity index (χ2v) is 7.39. The molecule has 136 valence electrons. The lowest BCUT2D eigenvalue weighted by atomic mass is 9.90. The van der Waals surface area contributed by atoms with E-state index in [4.69, 9.17) is 0 Å². The molecule has 0 saturated heterocycles. The summed E-state index contributed by atoms with van der Waals surface area (Å²) in [5, 5.41) is 0. The highest BCUT2D eigenvalue weighted by Gasteiger charge is 2.16. The van der Waals surface area contributed by atoms with E-state index in [0.717, 1.165) is 22.3 Å². The van der Waals surface area contributed by atoms with Crippen LogP contribution in [-0.2, 0) is 0 Å². The Morgan fingerprint density at radius 3 is 2.15 bits per heavy atom. The van der Waals surface area contributed by atoms with Gasteiger partial charge in [0.15, 0.2) is 5.78 Å². The Kier molecular flexibility index (Phi) is 5.71. The van der Waals surface area contributed by atoms with Crippen LogP contribution in [0.5, 0.6) is 0 Å². The molecule has 0 bridgehead atoms. The number of Topliss-reactive ketones (excluding diaryl/α,β-unsaturated/α-hetero) is 1. The van der Waals surface area contributed by atoms with E-state index in [1.807, 2.05) is 38.1 Å². The molecule has 0 saturated carbocycles. The van der Waals surface area contributed by atoms with E-state index >= 15 is 0 Å². The van der Waals surface area contributed by atoms with Crippen molar-refractivity contribution < 1.29 is 4.79 Å². The first kappa shape index (κ1) is 18.8. The molecular formula is C26H26O. The van der Waals surface area contributed by atoms with Gasteiger partial charge in [0, 0.05) is 11.5 Å². The highest BCUT2D eigenvalue weighted by molar-refractivity contribution is 6.03. The van der Waals surface area contributed by atoms with Crippen LogP contribution in [0.15, 0.2) is 66.7 Å². The van der Waals surface area contributed by atoms with Gasteiger partial charge in [-0.3, -0.25) is 4.79 Å². The summed E-state index contributed by atoms with van der Waals surface area (Å²) in [6, 6.07) is 22.8. The van der Waals surface area contributed by atoms with Gasteiger partial charge in [0.25, 0.3) is 0 Å². The predicted molar refractivity (Wildman–Crippen MR) is 116 cm³/mol. The maximum absolute atomic E-state index is 12.6. The maximum atomic E-state index is 12.6. The number of hydrogen-bond donors (Lipinski definition) is 0. The highest BCUT2D eigenvalue weighted by atomic mass is 16.1. The van der Waals surface area contributed by atoms with Gasteiger partial charge >= 0.3 is 0 Å². The molecule has 0 spiro atoms. The molecule has 1 nitrogen and oxygen atoms in total. The van der Waals surface area contributed by atoms with Crippen molar-refractivity contribution in [3.63, 3.8) is 0 Å². The van der Waals surface area contributed by atoms with Gasteiger partial charge in [0.2, 0.25) is 0 Å². The van der Waals surface area contributed by atoms with Crippen LogP contribution in [0.25, 0.3) is 23.3 Å². The molecule has 1 heteroatoms. The third-order valence-corrected chi connectivity index (χ3v) is 4.77. The van der Waals surface area contributed by atoms with Gasteiger partial charge in [-0.05, 0) is 41.7 Å². The Hall–Kier alpha value is -2.93. The van der Waals surface area contributed by atoms with Gasteiger partial charge in [-0.25, -0.2) is 0 Å². The van der Waals surface area contributed by atoms with E-state index < -0.39 is 0 Å². The van der Waals surface area contributed by atoms with Crippen LogP contribution in [0.1, 0.15) is 46.5 Å². The molecule has 0 amide bonds. The smallest absolute Gasteiger partial charge is 0.166 e. The predicted octanol–water partition coefficient (Wildman–Crippen LogP) is 6.98. The van der Waals surface area contributed by atoms with Gasteiger partial charge < -0.3 is 0 Å². The summed E-state index contributed by atoms with van der Waals surface area (Å²) >= 11 is 0. The molecule has 3 aromatic carbocycles. The average Bonchev–Trinajstić information content (AvgIpc) is 2.66. The molecule has 0 aliphatic heterocycles. The third kappa shape index (κ3) is 4.43. The van der Waals surface area contributed by atoms with Gasteiger partial charge in [-0.15, -0.1) is 0 Å². The monoisotopic (exact) mass is 354 g/mol. The zero-order valence-corrected chi connectivity index (χ0v) is 16.5. The molecular weight excluding hydrogens is 328 g/mol. The minimum Gasteiger partial charge on any atom is -0.294 e. The summed E-state index contributed by atoms with van der Waals surface area (Å²) in [5.74, 6) is 0.177. The number of ketones is 1. The molecule has 0 unspecified atom stereocenters. The van der Waals surface area contributed by atoms with Crippen LogP contribution >= 0.6 is 0 Å². The van der Waals surface area contributed by atoms with Crippen molar-refractivity contribution in [1.29, 1.82) is 0 Å². The average molecular weight is 354 g/mol. The molecule has 0 aliphatic rings. The first-order chi connectivity index (χ1) is 13.0. The molecule has 0 aromatic heterocycles. The highest BCUT2D eigenvalue weighted by Crippen LogP contribution is 2.29. The van der Waals surface area contributed by atoms with Crippen molar-refractivity contribution in [3.8, 4) is 11.1 Å². The number of carbonyl (C=O) groups excluding carboxylic acids is 1. The number of rotatable bonds is 5. The summed E-state index contributed by atoms with van der Waals surface area (Å²) < 4.78 is 0. The minimum atomic E-state index is -0.0111. The minimum absolute atomic E-state index is 0.0111. The topological polar surface area (TPSA) is 17.1 Å². The summed E-state index contributed by atoms with van der Waals surface area (Å²) in [6.45, 7) is 8.11. The molecule has 27 heavy (non-hydrogen) atoms. The van der Waals surface area contributed by atoms with Crippen LogP contribution < -0.4 is 0 Å². The lowest BCUT2D eigenvalue weighted by Crippen LogP contribution is -2.09. The van der Waals surface area contributed by atoms with E-state index in [1.165, 1.54) is 16.7 Å². The lowest BCUT2D eigenvalue weighted by molar-refractivity contribution is 0.0940. The Labute approximate surface area is 162 Å². The number of carbonyl (C=O) groups is 1. The van der Waals surface area contributed by atoms with Crippen LogP contribution in [0, 0.1) is 19.8 Å². The van der Waals surface area contributed by atoms with Gasteiger partial charge in [-0.2, -0.15) is 0 Å². The Bertz CT molecular complexity index is 993. The van der Waals surface area contributed by atoms with Gasteiger partial charge in [0.1, 0.15) is 0 Å². The van der Waals surface area contributed by atoms with E-state index in [2.05, 4.69) is 68.5 Å². The fraction of sp³-hybridized carbons (Fsp3) is 0.192. The quantitative estimate of drug-likeness (QED) is 0.357. The molecule has 0 aliphatic carbocycles. The van der Waals surface area contributed by atoms with Crippen LogP contribution in [0.3, 0.4) is 0 Å². The maximum Gasteiger partial charge on any atom is 0.166 e. The van der Waals surface area contributed by atoms with Gasteiger partial charge in [0.05, 0.1) is 0 Å². The van der Waals surface area contributed by atoms with Gasteiger partial charge in [-0.1, -0.05) is 98.3 Å². The van der Waals surface area contributed by atoms with Crippen molar-refractivity contribution >= 4 is 17.9 Å². The second kappa shape index (κ2) is 8.18. The van der Waals surface area contributed by atoms with Crippen molar-refractivity contribution in [2.75, 3.05) is 0 Å².